The molecule has 2 heterocycles. The molecule has 0 bridgehead atoms. The smallest absolute Gasteiger partial charge is 0.328 e. The molecule has 0 aromatic heterocycles. The van der Waals surface area contributed by atoms with Crippen molar-refractivity contribution in [3.05, 3.63) is 59.9 Å². The third-order valence-electron chi connectivity index (χ3n) is 7.85. The number of aliphatic imine (C=N–C) groups is 1. The lowest BCUT2D eigenvalue weighted by Gasteiger charge is -2.47. The fourth-order valence-corrected chi connectivity index (χ4v) is 6.08. The summed E-state index contributed by atoms with van der Waals surface area (Å²) >= 11 is 0. The molecule has 6 nitrogen and oxygen atoms in total. The normalized spacial score (nSPS) is 28.4. The van der Waals surface area contributed by atoms with Gasteiger partial charge in [-0.15, -0.1) is 0 Å². The first kappa shape index (κ1) is 26.5. The minimum absolute atomic E-state index is 0.00327. The Morgan fingerprint density at radius 3 is 2.63 bits per heavy atom. The zero-order valence-electron chi connectivity index (χ0n) is 22.1. The maximum Gasteiger partial charge on any atom is 0.328 e. The summed E-state index contributed by atoms with van der Waals surface area (Å²) in [5.41, 5.74) is 0.542. The lowest BCUT2D eigenvalue weighted by Crippen LogP contribution is -2.59. The molecule has 0 radical (unpaired) electrons. The first-order chi connectivity index (χ1) is 18.1. The van der Waals surface area contributed by atoms with Gasteiger partial charge in [0.1, 0.15) is 29.0 Å². The zero-order valence-corrected chi connectivity index (χ0v) is 22.1. The average Bonchev–Trinajstić information content (AvgIpc) is 3.30. The molecule has 1 saturated carbocycles. The summed E-state index contributed by atoms with van der Waals surface area (Å²) in [7, 11) is 0. The molecule has 204 valence electrons. The van der Waals surface area contributed by atoms with E-state index < -0.39 is 29.4 Å². The Hall–Kier alpha value is -3.07. The predicted molar refractivity (Wildman–Crippen MR) is 141 cm³/mol. The van der Waals surface area contributed by atoms with Crippen molar-refractivity contribution in [2.24, 2.45) is 4.99 Å². The molecule has 2 amide bonds. The number of hydrogen-bond donors (Lipinski definition) is 1. The Balaban J connectivity index is 1.45. The second kappa shape index (κ2) is 10.2. The van der Waals surface area contributed by atoms with Gasteiger partial charge in [-0.3, -0.25) is 20.1 Å². The predicted octanol–water partition coefficient (Wildman–Crippen LogP) is 6.15. The van der Waals surface area contributed by atoms with Gasteiger partial charge < -0.3 is 4.74 Å². The molecule has 9 heteroatoms. The van der Waals surface area contributed by atoms with Crippen LogP contribution in [0.3, 0.4) is 0 Å². The fourth-order valence-electron chi connectivity index (χ4n) is 6.08. The number of alkyl halides is 2. The van der Waals surface area contributed by atoms with E-state index in [4.69, 9.17) is 4.74 Å². The van der Waals surface area contributed by atoms with E-state index in [1.165, 1.54) is 17.0 Å². The van der Waals surface area contributed by atoms with Crippen molar-refractivity contribution >= 4 is 17.6 Å². The van der Waals surface area contributed by atoms with Gasteiger partial charge in [0.2, 0.25) is 0 Å². The summed E-state index contributed by atoms with van der Waals surface area (Å²) in [5, 5.41) is 2.80. The maximum absolute atomic E-state index is 14.6. The highest BCUT2D eigenvalue weighted by Gasteiger charge is 2.56. The molecule has 3 atom stereocenters. The summed E-state index contributed by atoms with van der Waals surface area (Å²) in [5.74, 6) is -2.28. The number of carbonyl (C=O) groups is 1. The number of piperidine rings is 1. The van der Waals surface area contributed by atoms with Crippen molar-refractivity contribution in [1.82, 2.24) is 10.2 Å². The van der Waals surface area contributed by atoms with Gasteiger partial charge in [-0.25, -0.2) is 18.0 Å². The third kappa shape index (κ3) is 5.13. The van der Waals surface area contributed by atoms with E-state index in [2.05, 4.69) is 28.2 Å². The number of rotatable bonds is 6. The van der Waals surface area contributed by atoms with Crippen LogP contribution in [0.15, 0.2) is 53.5 Å². The number of halogens is 3. The third-order valence-corrected chi connectivity index (χ3v) is 7.85. The average molecular weight is 529 g/mol. The van der Waals surface area contributed by atoms with Crippen molar-refractivity contribution in [1.29, 1.82) is 0 Å². The van der Waals surface area contributed by atoms with Crippen molar-refractivity contribution < 1.29 is 22.7 Å². The number of nitrogens with zero attached hydrogens (tertiary/aromatic N) is 3. The molecule has 2 saturated heterocycles. The van der Waals surface area contributed by atoms with Crippen LogP contribution in [0.1, 0.15) is 58.4 Å². The Morgan fingerprint density at radius 1 is 1.16 bits per heavy atom. The highest BCUT2D eigenvalue weighted by atomic mass is 19.3. The number of amidine groups is 1. The van der Waals surface area contributed by atoms with Crippen LogP contribution in [0.2, 0.25) is 0 Å². The van der Waals surface area contributed by atoms with Crippen molar-refractivity contribution in [3.8, 4) is 5.75 Å². The van der Waals surface area contributed by atoms with Crippen LogP contribution in [0.25, 0.3) is 0 Å². The van der Waals surface area contributed by atoms with E-state index in [0.717, 1.165) is 11.3 Å². The van der Waals surface area contributed by atoms with Gasteiger partial charge >= 0.3 is 6.03 Å². The van der Waals surface area contributed by atoms with Crippen molar-refractivity contribution in [2.45, 2.75) is 89.1 Å². The van der Waals surface area contributed by atoms with Crippen LogP contribution >= 0.6 is 0 Å². The van der Waals surface area contributed by atoms with Crippen LogP contribution < -0.4 is 15.0 Å². The second-order valence-corrected chi connectivity index (χ2v) is 11.0. The van der Waals surface area contributed by atoms with E-state index in [-0.39, 0.29) is 30.8 Å². The Labute approximate surface area is 221 Å². The van der Waals surface area contributed by atoms with Gasteiger partial charge in [0, 0.05) is 31.2 Å². The zero-order chi connectivity index (χ0) is 27.1. The molecule has 38 heavy (non-hydrogen) atoms. The quantitative estimate of drug-likeness (QED) is 0.489. The van der Waals surface area contributed by atoms with Gasteiger partial charge in [0.05, 0.1) is 6.10 Å². The molecule has 1 spiro atoms. The fraction of sp³-hybridized carbons (Fsp3) is 0.517. The Morgan fingerprint density at radius 2 is 1.95 bits per heavy atom. The van der Waals surface area contributed by atoms with Crippen LogP contribution in [0, 0.1) is 5.82 Å². The van der Waals surface area contributed by atoms with Crippen LogP contribution in [0.5, 0.6) is 5.75 Å². The number of urea groups is 1. The first-order valence-corrected chi connectivity index (χ1v) is 13.4. The van der Waals surface area contributed by atoms with E-state index >= 15 is 0 Å². The van der Waals surface area contributed by atoms with Crippen molar-refractivity contribution in [3.63, 3.8) is 0 Å². The number of likely N-dealkylation sites (tertiary alicyclic amines) is 1. The number of carbonyl (C=O) groups excluding carboxylic acids is 1. The first-order valence-electron chi connectivity index (χ1n) is 13.4. The molecule has 0 unspecified atom stereocenters. The lowest BCUT2D eigenvalue weighted by molar-refractivity contribution is -0.00598. The largest absolute Gasteiger partial charge is 0.491 e. The van der Waals surface area contributed by atoms with E-state index in [0.29, 0.717) is 38.0 Å². The molecular formula is C29H35F3N4O2. The number of anilines is 1. The number of hydrogen-bond acceptors (Lipinski definition) is 4. The second-order valence-electron chi connectivity index (χ2n) is 11.0. The molecule has 1 aliphatic carbocycles. The van der Waals surface area contributed by atoms with Crippen LogP contribution in [0.4, 0.5) is 23.7 Å². The SMILES string of the molecule is CC(C)Oc1cccc(CN2CC[C@@]3(C[C@@H]2C)C(=N[C@H]2CCCC2(F)F)NC(=O)N3c2cccc(F)c2)c1. The highest BCUT2D eigenvalue weighted by Crippen LogP contribution is 2.43. The molecule has 3 fully saturated rings. The summed E-state index contributed by atoms with van der Waals surface area (Å²) in [6.07, 6.45) is 1.50. The molecule has 1 N–H and O–H groups in total. The topological polar surface area (TPSA) is 57.2 Å². The minimum Gasteiger partial charge on any atom is -0.491 e. The van der Waals surface area contributed by atoms with Crippen molar-refractivity contribution in [2.75, 3.05) is 11.4 Å². The van der Waals surface area contributed by atoms with Gasteiger partial charge in [0.15, 0.2) is 0 Å². The standard InChI is InChI=1S/C29H35F3N4O2/c1-19(2)38-24-10-4-7-21(15-24)18-35-14-13-28(17-20(35)3)26(33-25-11-6-12-29(25,31)32)34-27(37)36(28)23-9-5-8-22(30)16-23/h4-5,7-10,15-16,19-20,25H,6,11-14,17-18H2,1-3H3,(H,33,34,37)/t20-,25-,28+/m0/s1. The molecule has 2 aliphatic heterocycles. The van der Waals surface area contributed by atoms with Crippen LogP contribution in [-0.2, 0) is 6.54 Å². The summed E-state index contributed by atoms with van der Waals surface area (Å²) in [4.78, 5) is 21.7. The van der Waals surface area contributed by atoms with Gasteiger partial charge in [0.25, 0.3) is 5.92 Å². The van der Waals surface area contributed by atoms with E-state index in [1.807, 2.05) is 32.0 Å². The Kier molecular flexibility index (Phi) is 7.15. The van der Waals surface area contributed by atoms with E-state index in [1.54, 1.807) is 12.1 Å². The summed E-state index contributed by atoms with van der Waals surface area (Å²) < 4.78 is 49.2. The number of benzene rings is 2. The Bertz CT molecular complexity index is 1220. The minimum atomic E-state index is -2.90. The monoisotopic (exact) mass is 528 g/mol. The number of amides is 2. The van der Waals surface area contributed by atoms with E-state index in [9.17, 15) is 18.0 Å². The maximum atomic E-state index is 14.6. The summed E-state index contributed by atoms with van der Waals surface area (Å²) in [6, 6.07) is 12.2. The van der Waals surface area contributed by atoms with Crippen LogP contribution in [-0.4, -0.2) is 53.0 Å². The molecule has 5 rings (SSSR count). The lowest BCUT2D eigenvalue weighted by atomic mass is 9.81. The molecule has 3 aliphatic rings. The highest BCUT2D eigenvalue weighted by molar-refractivity contribution is 6.19. The van der Waals surface area contributed by atoms with Gasteiger partial charge in [-0.05, 0) is 82.3 Å². The molecular weight excluding hydrogens is 493 g/mol. The number of ether oxygens (including phenoxy) is 1. The van der Waals surface area contributed by atoms with Gasteiger partial charge in [-0.1, -0.05) is 18.2 Å². The summed E-state index contributed by atoms with van der Waals surface area (Å²) in [6.45, 7) is 7.34. The molecule has 2 aromatic rings. The van der Waals surface area contributed by atoms with Gasteiger partial charge in [-0.2, -0.15) is 0 Å². The number of nitrogens with one attached hydrogen (secondary N) is 1. The molecule has 2 aromatic carbocycles.